The normalized spacial score (nSPS) is 15.8. The maximum Gasteiger partial charge on any atom is 0.328 e. The van der Waals surface area contributed by atoms with Crippen molar-refractivity contribution in [3.05, 3.63) is 63.5 Å². The topological polar surface area (TPSA) is 82.1 Å². The number of carbonyl (C=O) groups is 3. The summed E-state index contributed by atoms with van der Waals surface area (Å²) in [6.07, 6.45) is 1.58. The van der Waals surface area contributed by atoms with Crippen molar-refractivity contribution < 1.29 is 28.6 Å². The molecule has 32 heavy (non-hydrogen) atoms. The van der Waals surface area contributed by atoms with Gasteiger partial charge >= 0.3 is 5.97 Å². The monoisotopic (exact) mass is 475 g/mol. The van der Waals surface area contributed by atoms with Crippen LogP contribution in [0.2, 0.25) is 5.02 Å². The van der Waals surface area contributed by atoms with Crippen LogP contribution in [0.25, 0.3) is 6.08 Å². The summed E-state index contributed by atoms with van der Waals surface area (Å²) in [6.45, 7) is 4.06. The van der Waals surface area contributed by atoms with Gasteiger partial charge < -0.3 is 14.2 Å². The molecule has 0 bridgehead atoms. The molecule has 1 atom stereocenters. The number of halogens is 1. The van der Waals surface area contributed by atoms with E-state index in [0.29, 0.717) is 35.3 Å². The maximum absolute atomic E-state index is 12.7. The van der Waals surface area contributed by atoms with Gasteiger partial charge in [0.15, 0.2) is 11.5 Å². The van der Waals surface area contributed by atoms with Gasteiger partial charge in [-0.3, -0.25) is 14.5 Å². The zero-order valence-electron chi connectivity index (χ0n) is 17.8. The second-order valence-corrected chi connectivity index (χ2v) is 8.23. The number of methoxy groups -OCH3 is 1. The Morgan fingerprint density at radius 3 is 2.50 bits per heavy atom. The van der Waals surface area contributed by atoms with E-state index in [1.165, 1.54) is 14.0 Å². The Bertz CT molecular complexity index is 1050. The lowest BCUT2D eigenvalue weighted by Crippen LogP contribution is -2.42. The number of hydrogen-bond acceptors (Lipinski definition) is 7. The van der Waals surface area contributed by atoms with Crippen LogP contribution in [0.4, 0.5) is 4.79 Å². The van der Waals surface area contributed by atoms with E-state index in [0.717, 1.165) is 22.2 Å². The predicted octanol–water partition coefficient (Wildman–Crippen LogP) is 4.92. The highest BCUT2D eigenvalue weighted by atomic mass is 35.5. The molecule has 0 radical (unpaired) electrons. The first-order valence-corrected chi connectivity index (χ1v) is 11.0. The number of esters is 1. The van der Waals surface area contributed by atoms with Crippen molar-refractivity contribution in [1.82, 2.24) is 4.90 Å². The van der Waals surface area contributed by atoms with E-state index in [9.17, 15) is 14.4 Å². The molecule has 1 aliphatic rings. The second-order valence-electron chi connectivity index (χ2n) is 6.81. The third kappa shape index (κ3) is 5.44. The average molecular weight is 476 g/mol. The molecule has 1 heterocycles. The second kappa shape index (κ2) is 10.6. The number of imide groups is 1. The highest BCUT2D eigenvalue weighted by molar-refractivity contribution is 8.18. The van der Waals surface area contributed by atoms with E-state index in [-0.39, 0.29) is 4.91 Å². The average Bonchev–Trinajstić information content (AvgIpc) is 3.06. The molecule has 0 saturated carbocycles. The lowest BCUT2D eigenvalue weighted by atomic mass is 10.1. The Morgan fingerprint density at radius 2 is 1.84 bits per heavy atom. The van der Waals surface area contributed by atoms with Crippen LogP contribution in [0.15, 0.2) is 47.4 Å². The lowest BCUT2D eigenvalue weighted by Gasteiger charge is -2.18. The standard InChI is InChI=1S/C23H22ClNO6S/c1-4-30-19-11-16(7-10-18(19)31-13-15-5-8-17(24)9-6-15)12-20-21(26)25(23(28)32-20)14(2)22(27)29-3/h5-12,14H,4,13H2,1-3H3/b20-12+/t14-/m1/s1. The minimum absolute atomic E-state index is 0.211. The van der Waals surface area contributed by atoms with Crippen LogP contribution in [-0.2, 0) is 20.9 Å². The number of nitrogens with zero attached hydrogens (tertiary/aromatic N) is 1. The van der Waals surface area contributed by atoms with Crippen molar-refractivity contribution >= 4 is 46.6 Å². The highest BCUT2D eigenvalue weighted by Crippen LogP contribution is 2.36. The molecule has 0 spiro atoms. The van der Waals surface area contributed by atoms with E-state index in [2.05, 4.69) is 4.74 Å². The predicted molar refractivity (Wildman–Crippen MR) is 123 cm³/mol. The smallest absolute Gasteiger partial charge is 0.328 e. The van der Waals surface area contributed by atoms with Gasteiger partial charge in [0.1, 0.15) is 12.6 Å². The summed E-state index contributed by atoms with van der Waals surface area (Å²) in [4.78, 5) is 37.8. The van der Waals surface area contributed by atoms with Gasteiger partial charge in [0, 0.05) is 5.02 Å². The van der Waals surface area contributed by atoms with Crippen LogP contribution < -0.4 is 9.47 Å². The summed E-state index contributed by atoms with van der Waals surface area (Å²) < 4.78 is 16.2. The molecule has 7 nitrogen and oxygen atoms in total. The molecule has 9 heteroatoms. The molecule has 2 amide bonds. The van der Waals surface area contributed by atoms with Crippen molar-refractivity contribution in [3.8, 4) is 11.5 Å². The van der Waals surface area contributed by atoms with Crippen molar-refractivity contribution in [2.75, 3.05) is 13.7 Å². The summed E-state index contributed by atoms with van der Waals surface area (Å²) in [5.41, 5.74) is 1.61. The van der Waals surface area contributed by atoms with Crippen molar-refractivity contribution in [2.45, 2.75) is 26.5 Å². The number of amides is 2. The minimum Gasteiger partial charge on any atom is -0.490 e. The van der Waals surface area contributed by atoms with Crippen LogP contribution in [0.1, 0.15) is 25.0 Å². The van der Waals surface area contributed by atoms with Crippen LogP contribution in [0.5, 0.6) is 11.5 Å². The quantitative estimate of drug-likeness (QED) is 0.396. The Morgan fingerprint density at radius 1 is 1.12 bits per heavy atom. The third-order valence-electron chi connectivity index (χ3n) is 4.63. The minimum atomic E-state index is -0.999. The molecule has 0 aliphatic carbocycles. The molecule has 1 fully saturated rings. The van der Waals surface area contributed by atoms with E-state index >= 15 is 0 Å². The lowest BCUT2D eigenvalue weighted by molar-refractivity contribution is -0.148. The third-order valence-corrected chi connectivity index (χ3v) is 5.76. The Labute approximate surface area is 195 Å². The highest BCUT2D eigenvalue weighted by Gasteiger charge is 2.41. The number of rotatable bonds is 8. The maximum atomic E-state index is 12.7. The molecule has 0 unspecified atom stereocenters. The zero-order valence-corrected chi connectivity index (χ0v) is 19.4. The van der Waals surface area contributed by atoms with E-state index in [4.69, 9.17) is 21.1 Å². The molecule has 2 aromatic carbocycles. The van der Waals surface area contributed by atoms with Gasteiger partial charge in [-0.25, -0.2) is 4.79 Å². The molecular weight excluding hydrogens is 454 g/mol. The van der Waals surface area contributed by atoms with Crippen LogP contribution in [-0.4, -0.2) is 41.8 Å². The molecule has 2 aromatic rings. The number of ether oxygens (including phenoxy) is 3. The van der Waals surface area contributed by atoms with Crippen molar-refractivity contribution in [1.29, 1.82) is 0 Å². The molecule has 1 aliphatic heterocycles. The summed E-state index contributed by atoms with van der Waals surface area (Å²) in [5.74, 6) is -0.142. The van der Waals surface area contributed by atoms with E-state index in [1.807, 2.05) is 19.1 Å². The molecule has 168 valence electrons. The van der Waals surface area contributed by atoms with E-state index < -0.39 is 23.2 Å². The van der Waals surface area contributed by atoms with Gasteiger partial charge in [0.25, 0.3) is 11.1 Å². The van der Waals surface area contributed by atoms with Gasteiger partial charge in [0.05, 0.1) is 18.6 Å². The first kappa shape index (κ1) is 23.7. The van der Waals surface area contributed by atoms with Crippen molar-refractivity contribution in [2.24, 2.45) is 0 Å². The number of benzene rings is 2. The zero-order chi connectivity index (χ0) is 23.3. The molecule has 3 rings (SSSR count). The number of hydrogen-bond donors (Lipinski definition) is 0. The first-order valence-electron chi connectivity index (χ1n) is 9.83. The molecule has 1 saturated heterocycles. The fourth-order valence-corrected chi connectivity index (χ4v) is 4.02. The van der Waals surface area contributed by atoms with Crippen molar-refractivity contribution in [3.63, 3.8) is 0 Å². The summed E-state index contributed by atoms with van der Waals surface area (Å²) in [5, 5.41) is 0.130. The van der Waals surface area contributed by atoms with Crippen LogP contribution >= 0.6 is 23.4 Å². The van der Waals surface area contributed by atoms with Gasteiger partial charge in [-0.2, -0.15) is 0 Å². The summed E-state index contributed by atoms with van der Waals surface area (Å²) in [7, 11) is 1.21. The SMILES string of the molecule is CCOc1cc(/C=C2/SC(=O)N([C@H](C)C(=O)OC)C2=O)ccc1OCc1ccc(Cl)cc1. The number of thioether (sulfide) groups is 1. The van der Waals surface area contributed by atoms with Gasteiger partial charge in [-0.1, -0.05) is 29.8 Å². The van der Waals surface area contributed by atoms with Gasteiger partial charge in [-0.15, -0.1) is 0 Å². The Balaban J connectivity index is 1.79. The fourth-order valence-electron chi connectivity index (χ4n) is 2.98. The van der Waals surface area contributed by atoms with Gasteiger partial charge in [0.2, 0.25) is 0 Å². The molecule has 0 N–H and O–H groups in total. The molecular formula is C23H22ClNO6S. The Hall–Kier alpha value is -2.97. The molecule has 0 aromatic heterocycles. The largest absolute Gasteiger partial charge is 0.490 e. The van der Waals surface area contributed by atoms with Crippen LogP contribution in [0.3, 0.4) is 0 Å². The summed E-state index contributed by atoms with van der Waals surface area (Å²) in [6, 6.07) is 11.6. The van der Waals surface area contributed by atoms with E-state index in [1.54, 1.807) is 36.4 Å². The first-order chi connectivity index (χ1) is 15.3. The summed E-state index contributed by atoms with van der Waals surface area (Å²) >= 11 is 6.68. The Kier molecular flexibility index (Phi) is 7.82. The fraction of sp³-hybridized carbons (Fsp3) is 0.261. The van der Waals surface area contributed by atoms with Gasteiger partial charge in [-0.05, 0) is 67.1 Å². The van der Waals surface area contributed by atoms with Crippen LogP contribution in [0, 0.1) is 0 Å². The number of carbonyl (C=O) groups excluding carboxylic acids is 3.